The number of para-hydroxylation sites is 1. The maximum absolute atomic E-state index is 13.1. The van der Waals surface area contributed by atoms with Crippen molar-refractivity contribution in [2.24, 2.45) is 0 Å². The number of hydrogen-bond donors (Lipinski definition) is 1. The van der Waals surface area contributed by atoms with Gasteiger partial charge in [-0.15, -0.1) is 0 Å². The van der Waals surface area contributed by atoms with Crippen molar-refractivity contribution < 1.29 is 9.59 Å². The lowest BCUT2D eigenvalue weighted by Crippen LogP contribution is -2.40. The van der Waals surface area contributed by atoms with Crippen LogP contribution in [-0.4, -0.2) is 46.2 Å². The lowest BCUT2D eigenvalue weighted by molar-refractivity contribution is -0.131. The van der Waals surface area contributed by atoms with Crippen molar-refractivity contribution >= 4 is 22.7 Å². The van der Waals surface area contributed by atoms with E-state index in [1.165, 1.54) is 0 Å². The van der Waals surface area contributed by atoms with Crippen LogP contribution in [0.15, 0.2) is 54.7 Å². The van der Waals surface area contributed by atoms with Gasteiger partial charge in [0.05, 0.1) is 6.04 Å². The van der Waals surface area contributed by atoms with Gasteiger partial charge in [-0.3, -0.25) is 9.59 Å². The highest BCUT2D eigenvalue weighted by Gasteiger charge is 2.40. The number of hydrogen-bond acceptors (Lipinski definition) is 2. The maximum atomic E-state index is 13.1. The van der Waals surface area contributed by atoms with E-state index >= 15 is 0 Å². The van der Waals surface area contributed by atoms with E-state index in [1.54, 1.807) is 4.90 Å². The first-order chi connectivity index (χ1) is 13.2. The van der Waals surface area contributed by atoms with Crippen LogP contribution >= 0.6 is 0 Å². The lowest BCUT2D eigenvalue weighted by atomic mass is 9.97. The van der Waals surface area contributed by atoms with Crippen LogP contribution in [0.1, 0.15) is 40.4 Å². The van der Waals surface area contributed by atoms with Crippen molar-refractivity contribution in [3.63, 3.8) is 0 Å². The molecule has 0 unspecified atom stereocenters. The van der Waals surface area contributed by atoms with E-state index in [2.05, 4.69) is 11.1 Å². The Morgan fingerprint density at radius 3 is 2.59 bits per heavy atom. The molecule has 2 amide bonds. The lowest BCUT2D eigenvalue weighted by Gasteiger charge is -2.27. The molecule has 1 aromatic heterocycles. The highest BCUT2D eigenvalue weighted by Crippen LogP contribution is 2.41. The second-order valence-electron chi connectivity index (χ2n) is 7.30. The summed E-state index contributed by atoms with van der Waals surface area (Å²) in [5, 5.41) is 1.09. The molecule has 0 spiro atoms. The van der Waals surface area contributed by atoms with E-state index < -0.39 is 0 Å². The summed E-state index contributed by atoms with van der Waals surface area (Å²) in [7, 11) is 0. The zero-order chi connectivity index (χ0) is 18.4. The quantitative estimate of drug-likeness (QED) is 0.780. The number of likely N-dealkylation sites (tertiary alicyclic amines) is 1. The highest BCUT2D eigenvalue weighted by atomic mass is 16.2. The summed E-state index contributed by atoms with van der Waals surface area (Å²) in [6, 6.07) is 15.5. The Bertz CT molecular complexity index is 1030. The molecule has 2 aliphatic rings. The molecule has 1 N–H and O–H groups in total. The number of amides is 2. The van der Waals surface area contributed by atoms with Gasteiger partial charge in [-0.25, -0.2) is 0 Å². The fourth-order valence-corrected chi connectivity index (χ4v) is 4.40. The first-order valence-corrected chi connectivity index (χ1v) is 9.48. The summed E-state index contributed by atoms with van der Waals surface area (Å²) in [5.74, 6) is -0.0214. The molecule has 2 aliphatic heterocycles. The number of carbonyl (C=O) groups excluding carboxylic acids is 2. The largest absolute Gasteiger partial charge is 0.361 e. The molecule has 1 fully saturated rings. The number of fused-ring (bicyclic) bond motifs is 2. The normalized spacial score (nSPS) is 19.1. The van der Waals surface area contributed by atoms with E-state index in [-0.39, 0.29) is 24.4 Å². The first kappa shape index (κ1) is 16.1. The number of nitrogens with zero attached hydrogens (tertiary/aromatic N) is 2. The molecule has 0 saturated carbocycles. The minimum atomic E-state index is -0.239. The van der Waals surface area contributed by atoms with Gasteiger partial charge in [-0.2, -0.15) is 0 Å². The third-order valence-electron chi connectivity index (χ3n) is 5.74. The van der Waals surface area contributed by atoms with Crippen molar-refractivity contribution in [3.05, 3.63) is 71.4 Å². The topological polar surface area (TPSA) is 56.4 Å². The summed E-state index contributed by atoms with van der Waals surface area (Å²) < 4.78 is 0. The van der Waals surface area contributed by atoms with Crippen LogP contribution in [0.4, 0.5) is 0 Å². The van der Waals surface area contributed by atoms with Crippen molar-refractivity contribution in [2.75, 3.05) is 19.6 Å². The Balaban J connectivity index is 1.58. The second-order valence-corrected chi connectivity index (χ2v) is 7.30. The van der Waals surface area contributed by atoms with Crippen molar-refractivity contribution in [1.82, 2.24) is 14.8 Å². The van der Waals surface area contributed by atoms with E-state index in [0.717, 1.165) is 48.0 Å². The molecule has 0 bridgehead atoms. The Hall–Kier alpha value is -3.08. The fraction of sp³-hybridized carbons (Fsp3) is 0.273. The van der Waals surface area contributed by atoms with Gasteiger partial charge in [0, 0.05) is 41.3 Å². The molecule has 27 heavy (non-hydrogen) atoms. The Morgan fingerprint density at radius 2 is 1.74 bits per heavy atom. The molecular weight excluding hydrogens is 338 g/mol. The highest BCUT2D eigenvalue weighted by molar-refractivity contribution is 6.02. The van der Waals surface area contributed by atoms with Crippen LogP contribution in [-0.2, 0) is 4.79 Å². The van der Waals surface area contributed by atoms with Gasteiger partial charge in [0.1, 0.15) is 6.54 Å². The molecule has 3 heterocycles. The summed E-state index contributed by atoms with van der Waals surface area (Å²) in [5.41, 5.74) is 3.75. The second kappa shape index (κ2) is 6.27. The predicted octanol–water partition coefficient (Wildman–Crippen LogP) is 3.34. The molecular formula is C22H21N3O2. The van der Waals surface area contributed by atoms with E-state index in [4.69, 9.17) is 0 Å². The number of rotatable bonds is 3. The summed E-state index contributed by atoms with van der Waals surface area (Å²) in [6.45, 7) is 1.72. The Kier molecular flexibility index (Phi) is 3.74. The van der Waals surface area contributed by atoms with Crippen LogP contribution in [0.5, 0.6) is 0 Å². The van der Waals surface area contributed by atoms with Gasteiger partial charge in [-0.05, 0) is 30.5 Å². The molecule has 136 valence electrons. The monoisotopic (exact) mass is 359 g/mol. The van der Waals surface area contributed by atoms with Gasteiger partial charge in [0.15, 0.2) is 0 Å². The number of aromatic amines is 1. The molecule has 0 radical (unpaired) electrons. The van der Waals surface area contributed by atoms with Gasteiger partial charge >= 0.3 is 0 Å². The Morgan fingerprint density at radius 1 is 1.00 bits per heavy atom. The number of nitrogens with one attached hydrogen (secondary N) is 1. The smallest absolute Gasteiger partial charge is 0.255 e. The molecule has 1 saturated heterocycles. The minimum Gasteiger partial charge on any atom is -0.361 e. The third-order valence-corrected chi connectivity index (χ3v) is 5.74. The number of benzene rings is 2. The van der Waals surface area contributed by atoms with Crippen molar-refractivity contribution in [2.45, 2.75) is 18.9 Å². The summed E-state index contributed by atoms with van der Waals surface area (Å²) in [6.07, 6.45) is 4.07. The van der Waals surface area contributed by atoms with Gasteiger partial charge in [0.2, 0.25) is 5.91 Å². The first-order valence-electron chi connectivity index (χ1n) is 9.48. The average molecular weight is 359 g/mol. The Labute approximate surface area is 157 Å². The third kappa shape index (κ3) is 2.53. The molecule has 5 nitrogen and oxygen atoms in total. The SMILES string of the molecule is O=C(CN1C(=O)c2ccccc2[C@@H]1c1c[nH]c2ccccc12)N1CCCC1. The van der Waals surface area contributed by atoms with Gasteiger partial charge in [-0.1, -0.05) is 36.4 Å². The fourth-order valence-electron chi connectivity index (χ4n) is 4.40. The number of aromatic nitrogens is 1. The minimum absolute atomic E-state index is 0.0403. The zero-order valence-electron chi connectivity index (χ0n) is 15.0. The molecule has 0 aliphatic carbocycles. The predicted molar refractivity (Wildman–Crippen MR) is 103 cm³/mol. The van der Waals surface area contributed by atoms with Crippen molar-refractivity contribution in [1.29, 1.82) is 0 Å². The van der Waals surface area contributed by atoms with Crippen LogP contribution in [0, 0.1) is 0 Å². The molecule has 2 aromatic carbocycles. The molecule has 1 atom stereocenters. The van der Waals surface area contributed by atoms with Crippen LogP contribution in [0.25, 0.3) is 10.9 Å². The summed E-state index contributed by atoms with van der Waals surface area (Å²) >= 11 is 0. The van der Waals surface area contributed by atoms with E-state index in [0.29, 0.717) is 5.56 Å². The van der Waals surface area contributed by atoms with Gasteiger partial charge in [0.25, 0.3) is 5.91 Å². The van der Waals surface area contributed by atoms with Crippen LogP contribution < -0.4 is 0 Å². The maximum Gasteiger partial charge on any atom is 0.255 e. The molecule has 3 aromatic rings. The molecule has 5 heteroatoms. The average Bonchev–Trinajstić information content (AvgIpc) is 3.42. The number of carbonyl (C=O) groups is 2. The number of H-pyrrole nitrogens is 1. The standard InChI is InChI=1S/C22H21N3O2/c26-20(24-11-5-6-12-24)14-25-21(16-8-1-2-9-17(16)22(25)27)18-13-23-19-10-4-3-7-15(18)19/h1-4,7-10,13,21,23H,5-6,11-12,14H2/t21-/m1/s1. The zero-order valence-corrected chi connectivity index (χ0v) is 15.0. The van der Waals surface area contributed by atoms with E-state index in [9.17, 15) is 9.59 Å². The summed E-state index contributed by atoms with van der Waals surface area (Å²) in [4.78, 5) is 32.9. The van der Waals surface area contributed by atoms with E-state index in [1.807, 2.05) is 53.6 Å². The van der Waals surface area contributed by atoms with Crippen LogP contribution in [0.3, 0.4) is 0 Å². The molecule has 5 rings (SSSR count). The van der Waals surface area contributed by atoms with Crippen LogP contribution in [0.2, 0.25) is 0 Å². The van der Waals surface area contributed by atoms with Gasteiger partial charge < -0.3 is 14.8 Å². The van der Waals surface area contributed by atoms with Crippen molar-refractivity contribution in [3.8, 4) is 0 Å².